The van der Waals surface area contributed by atoms with E-state index in [1.165, 1.54) is 13.2 Å². The minimum absolute atomic E-state index is 0.175. The molecule has 3 heteroatoms. The molecule has 0 unspecified atom stereocenters. The third-order valence-corrected chi connectivity index (χ3v) is 2.87. The Balaban J connectivity index is 2.02. The predicted molar refractivity (Wildman–Crippen MR) is 62.9 cm³/mol. The third kappa shape index (κ3) is 4.62. The number of unbranched alkanes of at least 4 members (excludes halogenated alkanes) is 2. The summed E-state index contributed by atoms with van der Waals surface area (Å²) in [6.07, 6.45) is 12.1. The van der Waals surface area contributed by atoms with E-state index in [1.807, 2.05) is 12.2 Å². The quantitative estimate of drug-likeness (QED) is 0.326. The normalized spacial score (nSPS) is 24.1. The van der Waals surface area contributed by atoms with Gasteiger partial charge in [0.25, 0.3) is 0 Å². The molecule has 0 aromatic rings. The van der Waals surface area contributed by atoms with Crippen LogP contribution in [0.3, 0.4) is 0 Å². The van der Waals surface area contributed by atoms with Gasteiger partial charge < -0.3 is 9.84 Å². The summed E-state index contributed by atoms with van der Waals surface area (Å²) >= 11 is 0. The zero-order valence-electron chi connectivity index (χ0n) is 9.76. The minimum atomic E-state index is -0.297. The van der Waals surface area contributed by atoms with Crippen LogP contribution in [0.25, 0.3) is 0 Å². The minimum Gasteiger partial charge on any atom is -0.466 e. The van der Waals surface area contributed by atoms with Gasteiger partial charge in [0, 0.05) is 12.0 Å². The molecule has 3 nitrogen and oxygen atoms in total. The fourth-order valence-corrected chi connectivity index (χ4v) is 1.87. The number of carbonyl (C=O) groups is 1. The lowest BCUT2D eigenvalue weighted by atomic mass is 9.98. The van der Waals surface area contributed by atoms with Crippen molar-refractivity contribution in [2.75, 3.05) is 7.11 Å². The van der Waals surface area contributed by atoms with Crippen molar-refractivity contribution in [3.63, 3.8) is 0 Å². The fraction of sp³-hybridized carbons (Fsp3) is 0.615. The van der Waals surface area contributed by atoms with Crippen molar-refractivity contribution in [3.8, 4) is 0 Å². The van der Waals surface area contributed by atoms with Crippen LogP contribution in [0.15, 0.2) is 24.3 Å². The van der Waals surface area contributed by atoms with Crippen molar-refractivity contribution < 1.29 is 14.6 Å². The Morgan fingerprint density at radius 3 is 3.00 bits per heavy atom. The molecule has 0 heterocycles. The summed E-state index contributed by atoms with van der Waals surface area (Å²) in [6, 6.07) is 0. The van der Waals surface area contributed by atoms with Crippen LogP contribution in [-0.4, -0.2) is 24.3 Å². The van der Waals surface area contributed by atoms with Gasteiger partial charge in [0.15, 0.2) is 0 Å². The van der Waals surface area contributed by atoms with Crippen molar-refractivity contribution >= 4 is 5.97 Å². The lowest BCUT2D eigenvalue weighted by Gasteiger charge is -2.12. The number of rotatable bonds is 6. The topological polar surface area (TPSA) is 46.5 Å². The van der Waals surface area contributed by atoms with Crippen molar-refractivity contribution in [3.05, 3.63) is 24.3 Å². The summed E-state index contributed by atoms with van der Waals surface area (Å²) < 4.78 is 4.48. The Morgan fingerprint density at radius 1 is 1.56 bits per heavy atom. The summed E-state index contributed by atoms with van der Waals surface area (Å²) in [4.78, 5) is 10.7. The molecule has 0 amide bonds. The first-order valence-corrected chi connectivity index (χ1v) is 5.83. The predicted octanol–water partition coefficient (Wildman–Crippen LogP) is 2.21. The third-order valence-electron chi connectivity index (χ3n) is 2.87. The van der Waals surface area contributed by atoms with Crippen LogP contribution >= 0.6 is 0 Å². The highest BCUT2D eigenvalue weighted by Gasteiger charge is 2.18. The highest BCUT2D eigenvalue weighted by atomic mass is 16.5. The lowest BCUT2D eigenvalue weighted by molar-refractivity contribution is -0.134. The average molecular weight is 224 g/mol. The molecule has 0 bridgehead atoms. The molecule has 2 atom stereocenters. The zero-order valence-corrected chi connectivity index (χ0v) is 9.76. The first-order valence-electron chi connectivity index (χ1n) is 5.83. The molecule has 1 N–H and O–H groups in total. The number of hydrogen-bond acceptors (Lipinski definition) is 3. The maximum absolute atomic E-state index is 10.7. The number of ether oxygens (including phenoxy) is 1. The maximum atomic E-state index is 10.7. The van der Waals surface area contributed by atoms with Gasteiger partial charge >= 0.3 is 5.97 Å². The van der Waals surface area contributed by atoms with Gasteiger partial charge in [-0.25, -0.2) is 4.79 Å². The highest BCUT2D eigenvalue weighted by molar-refractivity contribution is 5.81. The second kappa shape index (κ2) is 7.23. The van der Waals surface area contributed by atoms with Crippen molar-refractivity contribution in [2.45, 2.75) is 38.2 Å². The van der Waals surface area contributed by atoms with Gasteiger partial charge in [0.1, 0.15) is 0 Å². The molecule has 0 aliphatic heterocycles. The largest absolute Gasteiger partial charge is 0.466 e. The summed E-state index contributed by atoms with van der Waals surface area (Å²) in [5, 5.41) is 9.56. The van der Waals surface area contributed by atoms with Crippen LogP contribution in [-0.2, 0) is 9.53 Å². The van der Waals surface area contributed by atoms with E-state index in [2.05, 4.69) is 10.8 Å². The molecule has 0 saturated heterocycles. The highest BCUT2D eigenvalue weighted by Crippen LogP contribution is 2.23. The van der Waals surface area contributed by atoms with Gasteiger partial charge in [-0.15, -0.1) is 0 Å². The van der Waals surface area contributed by atoms with E-state index in [1.54, 1.807) is 0 Å². The van der Waals surface area contributed by atoms with Crippen LogP contribution in [0.1, 0.15) is 32.1 Å². The van der Waals surface area contributed by atoms with Crippen LogP contribution in [0, 0.1) is 5.92 Å². The van der Waals surface area contributed by atoms with Gasteiger partial charge in [-0.2, -0.15) is 0 Å². The summed E-state index contributed by atoms with van der Waals surface area (Å²) in [5.74, 6) is 0.0405. The van der Waals surface area contributed by atoms with Crippen molar-refractivity contribution in [1.29, 1.82) is 0 Å². The molecule has 16 heavy (non-hydrogen) atoms. The number of esters is 1. The first-order chi connectivity index (χ1) is 7.74. The van der Waals surface area contributed by atoms with E-state index in [4.69, 9.17) is 0 Å². The smallest absolute Gasteiger partial charge is 0.330 e. The number of allylic oxidation sites excluding steroid dienone is 1. The second-order valence-electron chi connectivity index (χ2n) is 4.11. The molecule has 0 radical (unpaired) electrons. The fourth-order valence-electron chi connectivity index (χ4n) is 1.87. The zero-order chi connectivity index (χ0) is 11.8. The number of hydrogen-bond donors (Lipinski definition) is 1. The van der Waals surface area contributed by atoms with Crippen LogP contribution < -0.4 is 0 Å². The SMILES string of the molecule is COC(=O)C=CCCCC[C@@H]1C=CC[C@H]1O. The van der Waals surface area contributed by atoms with Gasteiger partial charge in [-0.05, 0) is 25.7 Å². The Hall–Kier alpha value is -1.09. The second-order valence-corrected chi connectivity index (χ2v) is 4.11. The van der Waals surface area contributed by atoms with Crippen LogP contribution in [0.4, 0.5) is 0 Å². The molecule has 1 aliphatic rings. The van der Waals surface area contributed by atoms with E-state index in [0.717, 1.165) is 32.1 Å². The number of aliphatic hydroxyl groups is 1. The summed E-state index contributed by atoms with van der Waals surface area (Å²) in [7, 11) is 1.38. The van der Waals surface area contributed by atoms with Crippen LogP contribution in [0.2, 0.25) is 0 Å². The first kappa shape index (κ1) is 13.0. The summed E-state index contributed by atoms with van der Waals surface area (Å²) in [5.41, 5.74) is 0. The van der Waals surface area contributed by atoms with E-state index in [-0.39, 0.29) is 12.1 Å². The van der Waals surface area contributed by atoms with Crippen molar-refractivity contribution in [1.82, 2.24) is 0 Å². The molecule has 0 aromatic carbocycles. The Kier molecular flexibility index (Phi) is 5.86. The van der Waals surface area contributed by atoms with Crippen molar-refractivity contribution in [2.24, 2.45) is 5.92 Å². The van der Waals surface area contributed by atoms with Crippen LogP contribution in [0.5, 0.6) is 0 Å². The molecular weight excluding hydrogens is 204 g/mol. The molecule has 0 saturated carbocycles. The van der Waals surface area contributed by atoms with E-state index in [9.17, 15) is 9.90 Å². The Labute approximate surface area is 96.8 Å². The number of carbonyl (C=O) groups excluding carboxylic acids is 1. The monoisotopic (exact) mass is 224 g/mol. The lowest BCUT2D eigenvalue weighted by Crippen LogP contribution is -2.12. The van der Waals surface area contributed by atoms with Gasteiger partial charge in [-0.3, -0.25) is 0 Å². The van der Waals surface area contributed by atoms with E-state index >= 15 is 0 Å². The van der Waals surface area contributed by atoms with Gasteiger partial charge in [0.2, 0.25) is 0 Å². The van der Waals surface area contributed by atoms with Gasteiger partial charge in [-0.1, -0.05) is 24.6 Å². The molecule has 0 fully saturated rings. The Bertz CT molecular complexity index is 268. The van der Waals surface area contributed by atoms with Gasteiger partial charge in [0.05, 0.1) is 13.2 Å². The number of aliphatic hydroxyl groups excluding tert-OH is 1. The van der Waals surface area contributed by atoms with E-state index in [0.29, 0.717) is 5.92 Å². The van der Waals surface area contributed by atoms with E-state index < -0.39 is 0 Å². The molecule has 90 valence electrons. The number of methoxy groups -OCH3 is 1. The molecular formula is C13H20O3. The summed E-state index contributed by atoms with van der Waals surface area (Å²) in [6.45, 7) is 0. The molecule has 0 aromatic heterocycles. The molecule has 1 aliphatic carbocycles. The maximum Gasteiger partial charge on any atom is 0.330 e. The molecule has 0 spiro atoms. The Morgan fingerprint density at radius 2 is 2.38 bits per heavy atom. The average Bonchev–Trinajstić information content (AvgIpc) is 2.69. The standard InChI is InChI=1S/C13H20O3/c1-16-13(15)10-5-3-2-4-7-11-8-6-9-12(11)14/h5-6,8,10-12,14H,2-4,7,9H2,1H3/t11-,12-/m1/s1. The molecule has 1 rings (SSSR count).